The number of piperidine rings is 1. The number of halogens is 1. The molecule has 1 heterocycles. The Bertz CT molecular complexity index is 1150. The van der Waals surface area contributed by atoms with E-state index in [4.69, 9.17) is 9.47 Å². The van der Waals surface area contributed by atoms with E-state index in [9.17, 15) is 19.2 Å². The first-order chi connectivity index (χ1) is 17.5. The Labute approximate surface area is 224 Å². The van der Waals surface area contributed by atoms with E-state index in [0.717, 1.165) is 5.56 Å². The van der Waals surface area contributed by atoms with Crippen LogP contribution in [0, 0.1) is 0 Å². The summed E-state index contributed by atoms with van der Waals surface area (Å²) >= 11 is 3.32. The fourth-order valence-corrected chi connectivity index (χ4v) is 4.75. The van der Waals surface area contributed by atoms with Gasteiger partial charge in [-0.1, -0.05) is 30.3 Å². The molecule has 2 amide bonds. The van der Waals surface area contributed by atoms with Gasteiger partial charge in [-0.2, -0.15) is 0 Å². The van der Waals surface area contributed by atoms with E-state index in [2.05, 4.69) is 26.0 Å². The fraction of sp³-hybridized carbons (Fsp3) is 0.407. The molecule has 3 rings (SSSR count). The van der Waals surface area contributed by atoms with Crippen LogP contribution in [-0.2, 0) is 19.0 Å². The average molecular weight is 575 g/mol. The SMILES string of the molecule is COC(=O)Nc1ccc(C(=O)COC(=O)C2C(c3ccccc3)CCCN2C(=O)OC(C)(C)C)c(Br)c1. The Morgan fingerprint density at radius 3 is 2.41 bits per heavy atom. The van der Waals surface area contributed by atoms with Crippen molar-refractivity contribution in [3.63, 3.8) is 0 Å². The summed E-state index contributed by atoms with van der Waals surface area (Å²) in [5.41, 5.74) is 0.867. The Hall–Kier alpha value is -3.40. The maximum atomic E-state index is 13.4. The molecule has 0 bridgehead atoms. The molecule has 2 unspecified atom stereocenters. The highest BCUT2D eigenvalue weighted by Crippen LogP contribution is 2.34. The first-order valence-corrected chi connectivity index (χ1v) is 12.7. The third-order valence-electron chi connectivity index (χ3n) is 5.78. The van der Waals surface area contributed by atoms with Crippen molar-refractivity contribution in [3.8, 4) is 0 Å². The number of hydrogen-bond donors (Lipinski definition) is 1. The summed E-state index contributed by atoms with van der Waals surface area (Å²) < 4.78 is 16.0. The van der Waals surface area contributed by atoms with E-state index in [1.165, 1.54) is 24.1 Å². The highest BCUT2D eigenvalue weighted by Gasteiger charge is 2.43. The van der Waals surface area contributed by atoms with Gasteiger partial charge >= 0.3 is 18.2 Å². The summed E-state index contributed by atoms with van der Waals surface area (Å²) in [5.74, 6) is -1.42. The van der Waals surface area contributed by atoms with E-state index in [0.29, 0.717) is 29.5 Å². The number of carbonyl (C=O) groups is 4. The number of likely N-dealkylation sites (tertiary alicyclic amines) is 1. The second kappa shape index (κ2) is 12.2. The lowest BCUT2D eigenvalue weighted by Gasteiger charge is -2.40. The number of ether oxygens (including phenoxy) is 3. The molecule has 1 aliphatic rings. The summed E-state index contributed by atoms with van der Waals surface area (Å²) in [6.07, 6.45) is 0.130. The van der Waals surface area contributed by atoms with Crippen molar-refractivity contribution in [1.82, 2.24) is 4.90 Å². The summed E-state index contributed by atoms with van der Waals surface area (Å²) in [6, 6.07) is 13.1. The van der Waals surface area contributed by atoms with Crippen LogP contribution in [0.1, 0.15) is 55.5 Å². The monoisotopic (exact) mass is 574 g/mol. The van der Waals surface area contributed by atoms with Crippen LogP contribution in [0.4, 0.5) is 15.3 Å². The maximum absolute atomic E-state index is 13.4. The van der Waals surface area contributed by atoms with Crippen molar-refractivity contribution < 1.29 is 33.4 Å². The highest BCUT2D eigenvalue weighted by atomic mass is 79.9. The minimum absolute atomic E-state index is 0.274. The van der Waals surface area contributed by atoms with E-state index in [-0.39, 0.29) is 11.5 Å². The van der Waals surface area contributed by atoms with Crippen molar-refractivity contribution in [3.05, 3.63) is 64.1 Å². The van der Waals surface area contributed by atoms with Gasteiger partial charge in [-0.25, -0.2) is 14.4 Å². The van der Waals surface area contributed by atoms with Gasteiger partial charge in [-0.3, -0.25) is 15.0 Å². The lowest BCUT2D eigenvalue weighted by Crippen LogP contribution is -2.53. The topological polar surface area (TPSA) is 111 Å². The summed E-state index contributed by atoms with van der Waals surface area (Å²) in [4.78, 5) is 52.1. The molecule has 1 saturated heterocycles. The number of esters is 1. The van der Waals surface area contributed by atoms with E-state index < -0.39 is 42.2 Å². The molecule has 198 valence electrons. The number of Topliss-reactive ketones (excluding diaryl/α,β-unsaturated/α-hetero) is 1. The molecule has 37 heavy (non-hydrogen) atoms. The second-order valence-electron chi connectivity index (χ2n) is 9.62. The first-order valence-electron chi connectivity index (χ1n) is 11.9. The van der Waals surface area contributed by atoms with Crippen LogP contribution in [0.25, 0.3) is 0 Å². The van der Waals surface area contributed by atoms with Crippen LogP contribution in [0.3, 0.4) is 0 Å². The van der Waals surface area contributed by atoms with Gasteiger partial charge in [0.05, 0.1) is 7.11 Å². The minimum atomic E-state index is -0.936. The van der Waals surface area contributed by atoms with Gasteiger partial charge in [0.15, 0.2) is 6.61 Å². The Balaban J connectivity index is 1.78. The molecule has 2 aromatic rings. The summed E-state index contributed by atoms with van der Waals surface area (Å²) in [6.45, 7) is 5.12. The molecule has 1 aliphatic heterocycles. The molecule has 1 N–H and O–H groups in total. The lowest BCUT2D eigenvalue weighted by molar-refractivity contribution is -0.150. The molecule has 9 nitrogen and oxygen atoms in total. The summed E-state index contributed by atoms with van der Waals surface area (Å²) in [5, 5.41) is 2.51. The number of nitrogens with zero attached hydrogens (tertiary/aromatic N) is 1. The zero-order valence-electron chi connectivity index (χ0n) is 21.3. The molecule has 1 fully saturated rings. The van der Waals surface area contributed by atoms with Gasteiger partial charge in [0.2, 0.25) is 5.78 Å². The number of ketones is 1. The van der Waals surface area contributed by atoms with Gasteiger partial charge in [0.1, 0.15) is 11.6 Å². The number of benzene rings is 2. The highest BCUT2D eigenvalue weighted by molar-refractivity contribution is 9.10. The Morgan fingerprint density at radius 2 is 1.78 bits per heavy atom. The second-order valence-corrected chi connectivity index (χ2v) is 10.5. The molecule has 0 radical (unpaired) electrons. The van der Waals surface area contributed by atoms with Gasteiger partial charge in [-0.15, -0.1) is 0 Å². The molecule has 0 aromatic heterocycles. The fourth-order valence-electron chi connectivity index (χ4n) is 4.15. The number of amides is 2. The van der Waals surface area contributed by atoms with Crippen LogP contribution in [-0.4, -0.2) is 60.7 Å². The largest absolute Gasteiger partial charge is 0.456 e. The average Bonchev–Trinajstić information content (AvgIpc) is 2.86. The first kappa shape index (κ1) is 28.2. The number of hydrogen-bond acceptors (Lipinski definition) is 7. The number of nitrogens with one attached hydrogen (secondary N) is 1. The predicted octanol–water partition coefficient (Wildman–Crippen LogP) is 5.54. The van der Waals surface area contributed by atoms with Crippen molar-refractivity contribution in [1.29, 1.82) is 0 Å². The molecule has 2 aromatic carbocycles. The molecule has 0 aliphatic carbocycles. The van der Waals surface area contributed by atoms with Crippen LogP contribution >= 0.6 is 15.9 Å². The smallest absolute Gasteiger partial charge is 0.411 e. The van der Waals surface area contributed by atoms with Crippen molar-refractivity contribution in [2.75, 3.05) is 25.6 Å². The molecule has 2 atom stereocenters. The predicted molar refractivity (Wildman–Crippen MR) is 141 cm³/mol. The number of rotatable bonds is 6. The standard InChI is InChI=1S/C27H31BrN2O7/c1-27(2,3)37-26(34)30-14-8-11-19(17-9-6-5-7-10-17)23(30)24(32)36-16-22(31)20-13-12-18(15-21(20)28)29-25(33)35-4/h5-7,9-10,12-13,15,19,23H,8,11,14,16H2,1-4H3,(H,29,33). The van der Waals surface area contributed by atoms with Crippen LogP contribution in [0.15, 0.2) is 53.0 Å². The van der Waals surface area contributed by atoms with Crippen molar-refractivity contribution >= 4 is 45.6 Å². The lowest BCUT2D eigenvalue weighted by atomic mass is 9.83. The van der Waals surface area contributed by atoms with E-state index in [1.54, 1.807) is 26.8 Å². The zero-order chi connectivity index (χ0) is 27.2. The molecule has 0 saturated carbocycles. The quantitative estimate of drug-likeness (QED) is 0.274. The molecular formula is C27H31BrN2O7. The molecule has 0 spiro atoms. The minimum Gasteiger partial charge on any atom is -0.456 e. The van der Waals surface area contributed by atoms with Crippen LogP contribution < -0.4 is 5.32 Å². The van der Waals surface area contributed by atoms with Gasteiger partial charge in [0.25, 0.3) is 0 Å². The Kier molecular flexibility index (Phi) is 9.31. The summed E-state index contributed by atoms with van der Waals surface area (Å²) in [7, 11) is 1.25. The zero-order valence-corrected chi connectivity index (χ0v) is 22.9. The van der Waals surface area contributed by atoms with Gasteiger partial charge < -0.3 is 14.2 Å². The number of methoxy groups -OCH3 is 1. The number of anilines is 1. The molecule has 10 heteroatoms. The maximum Gasteiger partial charge on any atom is 0.411 e. The molecular weight excluding hydrogens is 544 g/mol. The van der Waals surface area contributed by atoms with Crippen LogP contribution in [0.5, 0.6) is 0 Å². The normalized spacial score (nSPS) is 17.5. The van der Waals surface area contributed by atoms with Crippen molar-refractivity contribution in [2.24, 2.45) is 0 Å². The Morgan fingerprint density at radius 1 is 1.08 bits per heavy atom. The van der Waals surface area contributed by atoms with Crippen LogP contribution in [0.2, 0.25) is 0 Å². The van der Waals surface area contributed by atoms with Crippen molar-refractivity contribution in [2.45, 2.75) is 51.2 Å². The third kappa shape index (κ3) is 7.55. The van der Waals surface area contributed by atoms with Gasteiger partial charge in [-0.05, 0) is 73.3 Å². The third-order valence-corrected chi connectivity index (χ3v) is 6.43. The van der Waals surface area contributed by atoms with E-state index >= 15 is 0 Å². The van der Waals surface area contributed by atoms with E-state index in [1.807, 2.05) is 30.3 Å². The number of carbonyl (C=O) groups excluding carboxylic acids is 4. The van der Waals surface area contributed by atoms with Gasteiger partial charge in [0, 0.05) is 28.2 Å².